The smallest absolute Gasteiger partial charge is 0.319 e. The van der Waals surface area contributed by atoms with Gasteiger partial charge in [-0.15, -0.1) is 11.8 Å². The number of carbonyl (C=O) groups is 2. The number of rotatable bonds is 4. The number of amides is 3. The number of halogens is 1. The molecule has 1 fully saturated rings. The molecule has 0 unspecified atom stereocenters. The lowest BCUT2D eigenvalue weighted by Gasteiger charge is -2.22. The number of pyridine rings is 1. The van der Waals surface area contributed by atoms with Crippen LogP contribution in [0.5, 0.6) is 0 Å². The fourth-order valence-corrected chi connectivity index (χ4v) is 4.02. The third-order valence-electron chi connectivity index (χ3n) is 5.01. The number of aromatic nitrogens is 1. The van der Waals surface area contributed by atoms with Gasteiger partial charge in [0.1, 0.15) is 10.7 Å². The first-order valence-corrected chi connectivity index (χ1v) is 10.4. The van der Waals surface area contributed by atoms with E-state index in [1.165, 1.54) is 4.90 Å². The fraction of sp³-hybridized carbons (Fsp3) is 0.190. The van der Waals surface area contributed by atoms with Crippen LogP contribution in [0.1, 0.15) is 18.1 Å². The summed E-state index contributed by atoms with van der Waals surface area (Å²) in [7, 11) is 0. The molecule has 1 atom stereocenters. The number of hydrogen-bond donors (Lipinski definition) is 1. The highest BCUT2D eigenvalue weighted by molar-refractivity contribution is 7.98. The Morgan fingerprint density at radius 1 is 1.14 bits per heavy atom. The Morgan fingerprint density at radius 2 is 1.89 bits per heavy atom. The summed E-state index contributed by atoms with van der Waals surface area (Å²) in [5, 5.41) is 4.01. The minimum absolute atomic E-state index is 0.0686. The minimum atomic E-state index is -1.09. The Morgan fingerprint density at radius 3 is 2.61 bits per heavy atom. The highest BCUT2D eigenvalue weighted by Gasteiger charge is 2.48. The predicted octanol–water partition coefficient (Wildman–Crippen LogP) is 4.58. The molecule has 2 aromatic carbocycles. The van der Waals surface area contributed by atoms with E-state index >= 15 is 0 Å². The lowest BCUT2D eigenvalue weighted by molar-refractivity contribution is -0.131. The van der Waals surface area contributed by atoms with Crippen molar-refractivity contribution in [3.8, 4) is 0 Å². The molecule has 0 saturated carbocycles. The first-order valence-electron chi connectivity index (χ1n) is 8.75. The van der Waals surface area contributed by atoms with Crippen LogP contribution >= 0.6 is 23.4 Å². The van der Waals surface area contributed by atoms with Crippen LogP contribution in [0, 0.1) is 0 Å². The molecule has 7 heteroatoms. The van der Waals surface area contributed by atoms with Crippen molar-refractivity contribution in [3.05, 3.63) is 70.9 Å². The number of thioether (sulfide) groups is 1. The van der Waals surface area contributed by atoms with Gasteiger partial charge in [0.25, 0.3) is 5.91 Å². The van der Waals surface area contributed by atoms with E-state index in [0.29, 0.717) is 10.7 Å². The molecular formula is C21H18ClN3O2S. The summed E-state index contributed by atoms with van der Waals surface area (Å²) in [6.45, 7) is 1.78. The molecule has 3 amide bonds. The molecule has 0 radical (unpaired) electrons. The molecule has 1 N–H and O–H groups in total. The van der Waals surface area contributed by atoms with E-state index in [4.69, 9.17) is 11.6 Å². The lowest BCUT2D eigenvalue weighted by atomic mass is 9.92. The van der Waals surface area contributed by atoms with E-state index in [0.717, 1.165) is 21.4 Å². The van der Waals surface area contributed by atoms with Crippen LogP contribution in [0.25, 0.3) is 10.9 Å². The van der Waals surface area contributed by atoms with Crippen LogP contribution in [-0.2, 0) is 16.9 Å². The van der Waals surface area contributed by atoms with Crippen molar-refractivity contribution in [2.45, 2.75) is 23.9 Å². The highest BCUT2D eigenvalue weighted by atomic mass is 35.5. The second-order valence-electron chi connectivity index (χ2n) is 6.81. The molecule has 1 aliphatic heterocycles. The summed E-state index contributed by atoms with van der Waals surface area (Å²) in [4.78, 5) is 32.4. The SMILES string of the molecule is CSc1ccc2cc(CN3C(=O)N[C@@](C)(c4ccccc4)C3=O)c(Cl)nc2c1. The van der Waals surface area contributed by atoms with E-state index in [9.17, 15) is 9.59 Å². The highest BCUT2D eigenvalue weighted by Crippen LogP contribution is 2.31. The number of urea groups is 1. The van der Waals surface area contributed by atoms with Crippen LogP contribution in [0.15, 0.2) is 59.5 Å². The topological polar surface area (TPSA) is 62.3 Å². The van der Waals surface area contributed by atoms with Gasteiger partial charge in [-0.25, -0.2) is 9.78 Å². The monoisotopic (exact) mass is 411 g/mol. The molecule has 3 aromatic rings. The zero-order valence-corrected chi connectivity index (χ0v) is 17.0. The Bertz CT molecular complexity index is 1090. The summed E-state index contributed by atoms with van der Waals surface area (Å²) >= 11 is 8.00. The summed E-state index contributed by atoms with van der Waals surface area (Å²) in [5.41, 5.74) is 1.06. The second kappa shape index (κ2) is 7.11. The van der Waals surface area contributed by atoms with Gasteiger partial charge in [-0.1, -0.05) is 48.0 Å². The maximum atomic E-state index is 13.1. The summed E-state index contributed by atoms with van der Waals surface area (Å²) in [6, 6.07) is 16.6. The Hall–Kier alpha value is -2.57. The molecule has 2 heterocycles. The van der Waals surface area contributed by atoms with Crippen LogP contribution in [-0.4, -0.2) is 28.1 Å². The van der Waals surface area contributed by atoms with Crippen molar-refractivity contribution in [1.82, 2.24) is 15.2 Å². The van der Waals surface area contributed by atoms with Gasteiger partial charge in [0.05, 0.1) is 12.1 Å². The maximum Gasteiger partial charge on any atom is 0.325 e. The van der Waals surface area contributed by atoms with E-state index < -0.39 is 11.6 Å². The zero-order chi connectivity index (χ0) is 19.9. The zero-order valence-electron chi connectivity index (χ0n) is 15.4. The Labute approximate surface area is 172 Å². The lowest BCUT2D eigenvalue weighted by Crippen LogP contribution is -2.40. The molecular weight excluding hydrogens is 394 g/mol. The Kier molecular flexibility index (Phi) is 4.77. The van der Waals surface area contributed by atoms with Crippen molar-refractivity contribution in [2.75, 3.05) is 6.26 Å². The number of fused-ring (bicyclic) bond motifs is 1. The van der Waals surface area contributed by atoms with Gasteiger partial charge >= 0.3 is 6.03 Å². The number of imide groups is 1. The van der Waals surface area contributed by atoms with E-state index in [-0.39, 0.29) is 12.5 Å². The normalized spacial score (nSPS) is 19.3. The van der Waals surface area contributed by atoms with Crippen molar-refractivity contribution >= 4 is 46.2 Å². The number of nitrogens with zero attached hydrogens (tertiary/aromatic N) is 2. The molecule has 0 bridgehead atoms. The molecule has 142 valence electrons. The average molecular weight is 412 g/mol. The molecule has 4 rings (SSSR count). The van der Waals surface area contributed by atoms with Gasteiger partial charge in [0.2, 0.25) is 0 Å². The van der Waals surface area contributed by atoms with Crippen molar-refractivity contribution in [1.29, 1.82) is 0 Å². The van der Waals surface area contributed by atoms with Crippen molar-refractivity contribution in [2.24, 2.45) is 0 Å². The van der Waals surface area contributed by atoms with Gasteiger partial charge in [-0.05, 0) is 36.9 Å². The summed E-state index contributed by atoms with van der Waals surface area (Å²) in [5.74, 6) is -0.308. The first-order chi connectivity index (χ1) is 13.4. The van der Waals surface area contributed by atoms with Crippen LogP contribution in [0.4, 0.5) is 4.79 Å². The average Bonchev–Trinajstić information content (AvgIpc) is 2.92. The number of benzene rings is 2. The molecule has 0 aliphatic carbocycles. The van der Waals surface area contributed by atoms with Gasteiger partial charge in [-0.3, -0.25) is 9.69 Å². The van der Waals surface area contributed by atoms with E-state index in [2.05, 4.69) is 10.3 Å². The summed E-state index contributed by atoms with van der Waals surface area (Å²) < 4.78 is 0. The second-order valence-corrected chi connectivity index (χ2v) is 8.05. The molecule has 1 saturated heterocycles. The third kappa shape index (κ3) is 3.12. The van der Waals surface area contributed by atoms with Crippen LogP contribution in [0.2, 0.25) is 5.15 Å². The van der Waals surface area contributed by atoms with E-state index in [1.54, 1.807) is 18.7 Å². The maximum absolute atomic E-state index is 13.1. The number of hydrogen-bond acceptors (Lipinski definition) is 4. The molecule has 28 heavy (non-hydrogen) atoms. The fourth-order valence-electron chi connectivity index (χ4n) is 3.38. The Balaban J connectivity index is 1.66. The standard InChI is InChI=1S/C21H18ClN3O2S/c1-21(15-6-4-3-5-7-15)19(26)25(20(27)24-21)12-14-10-13-8-9-16(28-2)11-17(13)23-18(14)22/h3-11H,12H2,1-2H3,(H,24,27)/t21-/m0/s1. The van der Waals surface area contributed by atoms with Crippen molar-refractivity contribution in [3.63, 3.8) is 0 Å². The summed E-state index contributed by atoms with van der Waals surface area (Å²) in [6.07, 6.45) is 2.00. The van der Waals surface area contributed by atoms with Crippen LogP contribution < -0.4 is 5.32 Å². The van der Waals surface area contributed by atoms with Gasteiger partial charge in [0.15, 0.2) is 0 Å². The molecule has 1 aromatic heterocycles. The minimum Gasteiger partial charge on any atom is -0.319 e. The van der Waals surface area contributed by atoms with Gasteiger partial charge in [-0.2, -0.15) is 0 Å². The number of nitrogens with one attached hydrogen (secondary N) is 1. The van der Waals surface area contributed by atoms with Crippen molar-refractivity contribution < 1.29 is 9.59 Å². The van der Waals surface area contributed by atoms with Gasteiger partial charge in [0, 0.05) is 15.8 Å². The molecule has 0 spiro atoms. The molecule has 5 nitrogen and oxygen atoms in total. The predicted molar refractivity (Wildman–Crippen MR) is 111 cm³/mol. The van der Waals surface area contributed by atoms with Crippen LogP contribution in [0.3, 0.4) is 0 Å². The van der Waals surface area contributed by atoms with E-state index in [1.807, 2.05) is 60.9 Å². The third-order valence-corrected chi connectivity index (χ3v) is 6.06. The van der Waals surface area contributed by atoms with Gasteiger partial charge < -0.3 is 5.32 Å². The quantitative estimate of drug-likeness (QED) is 0.388. The number of carbonyl (C=O) groups excluding carboxylic acids is 2. The molecule has 1 aliphatic rings. The first kappa shape index (κ1) is 18.8. The largest absolute Gasteiger partial charge is 0.325 e.